The van der Waals surface area contributed by atoms with Crippen LogP contribution in [0.4, 0.5) is 5.69 Å². The quantitative estimate of drug-likeness (QED) is 0.503. The van der Waals surface area contributed by atoms with Crippen molar-refractivity contribution in [3.05, 3.63) is 24.5 Å². The molecule has 0 spiro atoms. The maximum absolute atomic E-state index is 9.08. The molecule has 12 heavy (non-hydrogen) atoms. The third-order valence-electron chi connectivity index (χ3n) is 1.55. The molecule has 0 bridgehead atoms. The Morgan fingerprint density at radius 1 is 1.42 bits per heavy atom. The maximum atomic E-state index is 9.08. The SMILES string of the molecule is Nc1cc[n+](C[C@@H](O)CO)cc1. The molecule has 0 saturated carbocycles. The van der Waals surface area contributed by atoms with Crippen molar-refractivity contribution < 1.29 is 14.8 Å². The molecule has 4 nitrogen and oxygen atoms in total. The molecule has 1 aromatic rings. The highest BCUT2D eigenvalue weighted by molar-refractivity contribution is 5.32. The second-order valence-corrected chi connectivity index (χ2v) is 2.66. The molecule has 0 aliphatic heterocycles. The molecule has 0 fully saturated rings. The molecule has 0 aromatic carbocycles. The van der Waals surface area contributed by atoms with Crippen LogP contribution in [0.2, 0.25) is 0 Å². The van der Waals surface area contributed by atoms with Crippen LogP contribution in [0, 0.1) is 0 Å². The number of aliphatic hydroxyl groups is 2. The first-order valence-corrected chi connectivity index (χ1v) is 3.76. The Balaban J connectivity index is 2.58. The number of hydrogen-bond donors (Lipinski definition) is 3. The lowest BCUT2D eigenvalue weighted by molar-refractivity contribution is -0.703. The third kappa shape index (κ3) is 2.48. The van der Waals surface area contributed by atoms with E-state index in [-0.39, 0.29) is 6.61 Å². The first kappa shape index (κ1) is 8.96. The summed E-state index contributed by atoms with van der Waals surface area (Å²) in [6, 6.07) is 3.48. The van der Waals surface area contributed by atoms with E-state index >= 15 is 0 Å². The summed E-state index contributed by atoms with van der Waals surface area (Å²) in [5.74, 6) is 0. The first-order valence-electron chi connectivity index (χ1n) is 3.76. The summed E-state index contributed by atoms with van der Waals surface area (Å²) in [5, 5.41) is 17.6. The van der Waals surface area contributed by atoms with Gasteiger partial charge >= 0.3 is 0 Å². The maximum Gasteiger partial charge on any atom is 0.176 e. The number of aliphatic hydroxyl groups excluding tert-OH is 2. The molecule has 1 aromatic heterocycles. The highest BCUT2D eigenvalue weighted by Crippen LogP contribution is 1.93. The Morgan fingerprint density at radius 2 is 2.00 bits per heavy atom. The lowest BCUT2D eigenvalue weighted by Gasteiger charge is -2.01. The predicted octanol–water partition coefficient (Wildman–Crippen LogP) is -1.09. The number of pyridine rings is 1. The third-order valence-corrected chi connectivity index (χ3v) is 1.55. The number of hydrogen-bond acceptors (Lipinski definition) is 3. The molecule has 4 heteroatoms. The summed E-state index contributed by atoms with van der Waals surface area (Å²) >= 11 is 0. The van der Waals surface area contributed by atoms with Crippen LogP contribution in [0.25, 0.3) is 0 Å². The number of aromatic nitrogens is 1. The fraction of sp³-hybridized carbons (Fsp3) is 0.375. The minimum absolute atomic E-state index is 0.225. The van der Waals surface area contributed by atoms with Gasteiger partial charge in [0.05, 0.1) is 6.61 Å². The number of anilines is 1. The molecule has 0 amide bonds. The van der Waals surface area contributed by atoms with Crippen LogP contribution in [-0.2, 0) is 6.54 Å². The molecule has 1 rings (SSSR count). The van der Waals surface area contributed by atoms with E-state index in [1.807, 2.05) is 0 Å². The highest BCUT2D eigenvalue weighted by atomic mass is 16.3. The normalized spacial score (nSPS) is 12.8. The molecule has 0 aliphatic carbocycles. The standard InChI is InChI=1S/C8H12N2O2/c9-7-1-3-10(4-2-7)5-8(12)6-11/h1-4,8-9,11-12H,5-6H2/p+1/t8-/m1/s1. The van der Waals surface area contributed by atoms with Crippen molar-refractivity contribution in [3.8, 4) is 0 Å². The van der Waals surface area contributed by atoms with Gasteiger partial charge < -0.3 is 15.9 Å². The van der Waals surface area contributed by atoms with Crippen molar-refractivity contribution in [3.63, 3.8) is 0 Å². The van der Waals surface area contributed by atoms with E-state index in [0.717, 1.165) is 0 Å². The molecular weight excluding hydrogens is 156 g/mol. The fourth-order valence-electron chi connectivity index (χ4n) is 0.892. The van der Waals surface area contributed by atoms with Crippen molar-refractivity contribution in [1.82, 2.24) is 0 Å². The van der Waals surface area contributed by atoms with Gasteiger partial charge in [-0.25, -0.2) is 4.57 Å². The van der Waals surface area contributed by atoms with Gasteiger partial charge in [0.25, 0.3) is 0 Å². The van der Waals surface area contributed by atoms with Gasteiger partial charge in [-0.3, -0.25) is 0 Å². The van der Waals surface area contributed by atoms with Gasteiger partial charge in [0, 0.05) is 17.8 Å². The van der Waals surface area contributed by atoms with E-state index in [1.165, 1.54) is 0 Å². The Hall–Kier alpha value is -1.13. The highest BCUT2D eigenvalue weighted by Gasteiger charge is 2.08. The van der Waals surface area contributed by atoms with E-state index < -0.39 is 6.10 Å². The Morgan fingerprint density at radius 3 is 2.50 bits per heavy atom. The minimum atomic E-state index is -0.710. The van der Waals surface area contributed by atoms with Gasteiger partial charge in [-0.15, -0.1) is 0 Å². The lowest BCUT2D eigenvalue weighted by Crippen LogP contribution is -2.40. The van der Waals surface area contributed by atoms with Crippen molar-refractivity contribution in [1.29, 1.82) is 0 Å². The largest absolute Gasteiger partial charge is 0.398 e. The van der Waals surface area contributed by atoms with Gasteiger partial charge in [-0.2, -0.15) is 0 Å². The minimum Gasteiger partial charge on any atom is -0.398 e. The second-order valence-electron chi connectivity index (χ2n) is 2.66. The summed E-state index contributed by atoms with van der Waals surface area (Å²) < 4.78 is 1.76. The van der Waals surface area contributed by atoms with Crippen LogP contribution in [0.15, 0.2) is 24.5 Å². The summed E-state index contributed by atoms with van der Waals surface area (Å²) in [6.07, 6.45) is 2.81. The summed E-state index contributed by atoms with van der Waals surface area (Å²) in [4.78, 5) is 0. The Kier molecular flexibility index (Phi) is 3.01. The summed E-state index contributed by atoms with van der Waals surface area (Å²) in [5.41, 5.74) is 6.15. The smallest absolute Gasteiger partial charge is 0.176 e. The van der Waals surface area contributed by atoms with E-state index in [0.29, 0.717) is 12.2 Å². The van der Waals surface area contributed by atoms with Gasteiger partial charge in [0.15, 0.2) is 18.9 Å². The summed E-state index contributed by atoms with van der Waals surface area (Å²) in [6.45, 7) is 0.161. The molecule has 0 saturated heterocycles. The average molecular weight is 169 g/mol. The number of nitrogens with zero attached hydrogens (tertiary/aromatic N) is 1. The van der Waals surface area contributed by atoms with Gasteiger partial charge in [-0.1, -0.05) is 0 Å². The van der Waals surface area contributed by atoms with Gasteiger partial charge in [0.2, 0.25) is 0 Å². The van der Waals surface area contributed by atoms with Crippen LogP contribution in [0.5, 0.6) is 0 Å². The van der Waals surface area contributed by atoms with Crippen LogP contribution < -0.4 is 10.3 Å². The molecule has 0 aliphatic rings. The monoisotopic (exact) mass is 169 g/mol. The van der Waals surface area contributed by atoms with E-state index in [9.17, 15) is 0 Å². The van der Waals surface area contributed by atoms with Crippen LogP contribution >= 0.6 is 0 Å². The van der Waals surface area contributed by atoms with Crippen LogP contribution in [-0.4, -0.2) is 22.9 Å². The van der Waals surface area contributed by atoms with Crippen LogP contribution in [0.3, 0.4) is 0 Å². The molecule has 1 heterocycles. The Labute approximate surface area is 70.9 Å². The fourth-order valence-corrected chi connectivity index (χ4v) is 0.892. The molecule has 1 atom stereocenters. The number of rotatable bonds is 3. The van der Waals surface area contributed by atoms with Crippen molar-refractivity contribution in [2.24, 2.45) is 0 Å². The zero-order valence-corrected chi connectivity index (χ0v) is 6.72. The van der Waals surface area contributed by atoms with Gasteiger partial charge in [-0.05, 0) is 0 Å². The summed E-state index contributed by atoms with van der Waals surface area (Å²) in [7, 11) is 0. The van der Waals surface area contributed by atoms with E-state index in [1.54, 1.807) is 29.1 Å². The van der Waals surface area contributed by atoms with Gasteiger partial charge in [0.1, 0.15) is 6.10 Å². The molecule has 4 N–H and O–H groups in total. The number of nitrogens with two attached hydrogens (primary N) is 1. The number of nitrogen functional groups attached to an aromatic ring is 1. The van der Waals surface area contributed by atoms with Crippen molar-refractivity contribution >= 4 is 5.69 Å². The van der Waals surface area contributed by atoms with Crippen molar-refractivity contribution in [2.75, 3.05) is 12.3 Å². The first-order chi connectivity index (χ1) is 5.72. The average Bonchev–Trinajstić information content (AvgIpc) is 2.09. The molecular formula is C8H13N2O2+. The topological polar surface area (TPSA) is 70.4 Å². The Bertz CT molecular complexity index is 235. The van der Waals surface area contributed by atoms with E-state index in [2.05, 4.69) is 0 Å². The van der Waals surface area contributed by atoms with Crippen LogP contribution in [0.1, 0.15) is 0 Å². The van der Waals surface area contributed by atoms with E-state index in [4.69, 9.17) is 15.9 Å². The van der Waals surface area contributed by atoms with Crippen molar-refractivity contribution in [2.45, 2.75) is 12.6 Å². The zero-order valence-electron chi connectivity index (χ0n) is 6.72. The zero-order chi connectivity index (χ0) is 8.97. The lowest BCUT2D eigenvalue weighted by atomic mass is 10.3. The second kappa shape index (κ2) is 4.04. The predicted molar refractivity (Wildman–Crippen MR) is 44.1 cm³/mol. The molecule has 0 unspecified atom stereocenters. The molecule has 0 radical (unpaired) electrons. The molecule has 66 valence electrons.